The van der Waals surface area contributed by atoms with Crippen LogP contribution in [0.1, 0.15) is 81.2 Å². The van der Waals surface area contributed by atoms with Crippen molar-refractivity contribution in [3.8, 4) is 22.6 Å². The molecule has 0 aromatic heterocycles. The summed E-state index contributed by atoms with van der Waals surface area (Å²) in [5.74, 6) is -0.0881. The van der Waals surface area contributed by atoms with Gasteiger partial charge in [0.1, 0.15) is 29.4 Å². The lowest BCUT2D eigenvalue weighted by atomic mass is 9.87. The highest BCUT2D eigenvalue weighted by Crippen LogP contribution is 2.37. The summed E-state index contributed by atoms with van der Waals surface area (Å²) in [5.41, 5.74) is 5.17. The van der Waals surface area contributed by atoms with Gasteiger partial charge in [0.2, 0.25) is 11.8 Å². The van der Waals surface area contributed by atoms with Crippen molar-refractivity contribution >= 4 is 29.4 Å². The first kappa shape index (κ1) is 37.1. The average molecular weight is 725 g/mol. The van der Waals surface area contributed by atoms with E-state index >= 15 is 0 Å². The van der Waals surface area contributed by atoms with Crippen LogP contribution in [0.25, 0.3) is 11.1 Å². The molecule has 4 aromatic carbocycles. The van der Waals surface area contributed by atoms with Crippen LogP contribution in [-0.4, -0.2) is 42.4 Å². The van der Waals surface area contributed by atoms with Crippen LogP contribution in [0.2, 0.25) is 5.02 Å². The van der Waals surface area contributed by atoms with Crippen LogP contribution in [0.4, 0.5) is 4.39 Å². The lowest BCUT2D eigenvalue weighted by Crippen LogP contribution is -2.51. The molecule has 1 aliphatic heterocycles. The molecule has 52 heavy (non-hydrogen) atoms. The minimum atomic E-state index is -1.01. The second kappa shape index (κ2) is 15.9. The Morgan fingerprint density at radius 2 is 1.58 bits per heavy atom. The molecule has 1 aliphatic carbocycles. The van der Waals surface area contributed by atoms with Crippen molar-refractivity contribution in [2.24, 2.45) is 5.92 Å². The highest BCUT2D eigenvalue weighted by atomic mass is 35.5. The van der Waals surface area contributed by atoms with E-state index in [4.69, 9.17) is 21.1 Å². The number of rotatable bonds is 10. The quantitative estimate of drug-likeness (QED) is 0.165. The number of nitrogens with zero attached hydrogens (tertiary/aromatic N) is 1. The average Bonchev–Trinajstić information content (AvgIpc) is 3.64. The van der Waals surface area contributed by atoms with Crippen molar-refractivity contribution in [1.82, 2.24) is 10.2 Å². The topological polar surface area (TPSA) is 84.9 Å². The van der Waals surface area contributed by atoms with E-state index in [9.17, 15) is 18.8 Å². The second-order valence-electron chi connectivity index (χ2n) is 14.9. The molecule has 4 aromatic rings. The Balaban J connectivity index is 1.26. The Labute approximate surface area is 310 Å². The number of esters is 1. The van der Waals surface area contributed by atoms with Crippen molar-refractivity contribution in [2.45, 2.75) is 83.2 Å². The summed E-state index contributed by atoms with van der Waals surface area (Å²) < 4.78 is 25.1. The summed E-state index contributed by atoms with van der Waals surface area (Å²) in [6.45, 7) is 6.86. The first-order valence-electron chi connectivity index (χ1n) is 18.0. The number of hydrogen-bond donors (Lipinski definition) is 1. The molecule has 0 saturated heterocycles. The lowest BCUT2D eigenvalue weighted by Gasteiger charge is -2.37. The van der Waals surface area contributed by atoms with E-state index in [1.807, 2.05) is 66.7 Å². The molecule has 1 heterocycles. The van der Waals surface area contributed by atoms with Gasteiger partial charge in [-0.2, -0.15) is 0 Å². The molecule has 272 valence electrons. The van der Waals surface area contributed by atoms with Gasteiger partial charge in [-0.05, 0) is 100 Å². The summed E-state index contributed by atoms with van der Waals surface area (Å²) in [5, 5.41) is 2.98. The fourth-order valence-corrected chi connectivity index (χ4v) is 7.46. The maximum Gasteiger partial charge on any atom is 0.328 e. The molecule has 1 fully saturated rings. The maximum absolute atomic E-state index is 14.4. The van der Waals surface area contributed by atoms with Gasteiger partial charge in [0.15, 0.2) is 0 Å². The highest BCUT2D eigenvalue weighted by molar-refractivity contribution is 6.31. The van der Waals surface area contributed by atoms with Gasteiger partial charge in [-0.25, -0.2) is 9.18 Å². The van der Waals surface area contributed by atoms with E-state index in [1.54, 1.807) is 17.0 Å². The first-order chi connectivity index (χ1) is 24.9. The Morgan fingerprint density at radius 3 is 2.23 bits per heavy atom. The number of halogens is 2. The number of fused-ring (bicyclic) bond motifs is 1. The van der Waals surface area contributed by atoms with E-state index < -0.39 is 29.8 Å². The van der Waals surface area contributed by atoms with Crippen molar-refractivity contribution in [1.29, 1.82) is 0 Å². The van der Waals surface area contributed by atoms with Crippen molar-refractivity contribution in [2.75, 3.05) is 13.7 Å². The standard InChI is InChI=1S/C43H46ClFN2O5/c1-43(2,3)32-15-18-33(19-16-32)52-34-17-13-30-21-22-47(39(48)24-27-7-5-6-8-27)40(35(30)26-34)41(49)46-38(42(50)51-4)23-28-9-11-29(12-10-28)31-14-20-37(45)36(44)25-31/h9-20,25-27,38,40H,5-8,21-24H2,1-4H3,(H,46,49)/t38-,40?/m0/s1. The third-order valence-corrected chi connectivity index (χ3v) is 10.5. The number of carbonyl (C=O) groups is 3. The van der Waals surface area contributed by atoms with Gasteiger partial charge >= 0.3 is 5.97 Å². The van der Waals surface area contributed by atoms with Gasteiger partial charge in [-0.3, -0.25) is 9.59 Å². The molecule has 6 rings (SSSR count). The third-order valence-electron chi connectivity index (χ3n) is 10.3. The molecule has 2 aliphatic rings. The predicted octanol–water partition coefficient (Wildman–Crippen LogP) is 9.14. The fourth-order valence-electron chi connectivity index (χ4n) is 7.28. The van der Waals surface area contributed by atoms with Crippen LogP contribution in [-0.2, 0) is 37.4 Å². The lowest BCUT2D eigenvalue weighted by molar-refractivity contribution is -0.147. The molecule has 1 unspecified atom stereocenters. The second-order valence-corrected chi connectivity index (χ2v) is 15.4. The summed E-state index contributed by atoms with van der Waals surface area (Å²) in [7, 11) is 1.29. The molecular weight excluding hydrogens is 679 g/mol. The van der Waals surface area contributed by atoms with Gasteiger partial charge in [0.05, 0.1) is 12.1 Å². The number of methoxy groups -OCH3 is 1. The summed E-state index contributed by atoms with van der Waals surface area (Å²) in [4.78, 5) is 43.2. The zero-order valence-corrected chi connectivity index (χ0v) is 31.0. The number of nitrogens with one attached hydrogen (secondary N) is 1. The van der Waals surface area contributed by atoms with E-state index in [0.29, 0.717) is 42.4 Å². The minimum absolute atomic E-state index is 0.00370. The van der Waals surface area contributed by atoms with Crippen LogP contribution in [0, 0.1) is 11.7 Å². The molecule has 1 N–H and O–H groups in total. The maximum atomic E-state index is 14.4. The Hall–Kier alpha value is -4.69. The van der Waals surface area contributed by atoms with E-state index in [2.05, 4.69) is 26.1 Å². The van der Waals surface area contributed by atoms with Gasteiger partial charge in [-0.15, -0.1) is 0 Å². The third kappa shape index (κ3) is 8.67. The molecule has 0 spiro atoms. The van der Waals surface area contributed by atoms with Crippen LogP contribution >= 0.6 is 11.6 Å². The number of carbonyl (C=O) groups excluding carboxylic acids is 3. The largest absolute Gasteiger partial charge is 0.467 e. The summed E-state index contributed by atoms with van der Waals surface area (Å²) in [6, 6.07) is 23.6. The SMILES string of the molecule is COC(=O)[C@H](Cc1ccc(-c2ccc(F)c(Cl)c2)cc1)NC(=O)C1c2cc(Oc3ccc(C(C)(C)C)cc3)ccc2CCN1C(=O)CC1CCCC1. The molecule has 1 saturated carbocycles. The Morgan fingerprint density at radius 1 is 0.904 bits per heavy atom. The molecule has 0 bridgehead atoms. The fraction of sp³-hybridized carbons (Fsp3) is 0.372. The monoisotopic (exact) mass is 724 g/mol. The van der Waals surface area contributed by atoms with E-state index in [0.717, 1.165) is 47.9 Å². The normalized spacial score (nSPS) is 16.6. The zero-order valence-electron chi connectivity index (χ0n) is 30.2. The van der Waals surface area contributed by atoms with Crippen LogP contribution in [0.3, 0.4) is 0 Å². The van der Waals surface area contributed by atoms with Crippen molar-refractivity contribution in [3.63, 3.8) is 0 Å². The van der Waals surface area contributed by atoms with Crippen molar-refractivity contribution in [3.05, 3.63) is 118 Å². The molecule has 2 amide bonds. The summed E-state index contributed by atoms with van der Waals surface area (Å²) >= 11 is 6.00. The molecular formula is C43H46ClFN2O5. The number of amides is 2. The van der Waals surface area contributed by atoms with Crippen LogP contribution < -0.4 is 10.1 Å². The van der Waals surface area contributed by atoms with E-state index in [1.165, 1.54) is 18.7 Å². The first-order valence-corrected chi connectivity index (χ1v) is 18.4. The summed E-state index contributed by atoms with van der Waals surface area (Å²) in [6.07, 6.45) is 5.39. The molecule has 2 atom stereocenters. The highest BCUT2D eigenvalue weighted by Gasteiger charge is 2.39. The Bertz CT molecular complexity index is 1920. The van der Waals surface area contributed by atoms with Gasteiger partial charge in [0.25, 0.3) is 0 Å². The van der Waals surface area contributed by atoms with E-state index in [-0.39, 0.29) is 22.8 Å². The number of ether oxygens (including phenoxy) is 2. The zero-order chi connectivity index (χ0) is 37.0. The van der Waals surface area contributed by atoms with Crippen molar-refractivity contribution < 1.29 is 28.2 Å². The van der Waals surface area contributed by atoms with Gasteiger partial charge < -0.3 is 19.7 Å². The predicted molar refractivity (Wildman–Crippen MR) is 201 cm³/mol. The minimum Gasteiger partial charge on any atom is -0.467 e. The molecule has 9 heteroatoms. The number of hydrogen-bond acceptors (Lipinski definition) is 5. The molecule has 7 nitrogen and oxygen atoms in total. The smallest absolute Gasteiger partial charge is 0.328 e. The van der Waals surface area contributed by atoms with Crippen LogP contribution in [0.15, 0.2) is 84.9 Å². The Kier molecular flexibility index (Phi) is 11.3. The van der Waals surface area contributed by atoms with Gasteiger partial charge in [-0.1, -0.05) is 93.7 Å². The number of benzene rings is 4. The molecule has 0 radical (unpaired) electrons. The van der Waals surface area contributed by atoms with Crippen LogP contribution in [0.5, 0.6) is 11.5 Å². The van der Waals surface area contributed by atoms with Gasteiger partial charge in [0, 0.05) is 19.4 Å².